The first-order valence-corrected chi connectivity index (χ1v) is 6.33. The van der Waals surface area contributed by atoms with Crippen LogP contribution >= 0.6 is 11.6 Å². The van der Waals surface area contributed by atoms with Gasteiger partial charge in [0.1, 0.15) is 11.2 Å². The van der Waals surface area contributed by atoms with Crippen LogP contribution in [0.1, 0.15) is 5.56 Å². The molecule has 0 atom stereocenters. The first-order valence-electron chi connectivity index (χ1n) is 5.95. The molecule has 0 amide bonds. The summed E-state index contributed by atoms with van der Waals surface area (Å²) >= 11 is 5.94. The second-order valence-electron chi connectivity index (χ2n) is 4.16. The van der Waals surface area contributed by atoms with Crippen molar-refractivity contribution in [2.75, 3.05) is 0 Å². The Morgan fingerprint density at radius 1 is 1.10 bits per heavy atom. The van der Waals surface area contributed by atoms with Crippen molar-refractivity contribution >= 4 is 11.6 Å². The van der Waals surface area contributed by atoms with Crippen LogP contribution in [0.3, 0.4) is 0 Å². The van der Waals surface area contributed by atoms with Crippen LogP contribution in [-0.4, -0.2) is 14.8 Å². The number of halogens is 1. The van der Waals surface area contributed by atoms with Gasteiger partial charge >= 0.3 is 0 Å². The zero-order valence-corrected chi connectivity index (χ0v) is 11.1. The van der Waals surface area contributed by atoms with E-state index in [9.17, 15) is 0 Å². The second kappa shape index (κ2) is 5.16. The van der Waals surface area contributed by atoms with Gasteiger partial charge in [0.15, 0.2) is 0 Å². The first-order chi connectivity index (χ1) is 9.78. The number of pyridine rings is 1. The molecular weight excluding hydrogens is 272 g/mol. The van der Waals surface area contributed by atoms with Crippen molar-refractivity contribution < 1.29 is 0 Å². The summed E-state index contributed by atoms with van der Waals surface area (Å²) in [6.45, 7) is 0. The average Bonchev–Trinajstić information content (AvgIpc) is 2.98. The lowest BCUT2D eigenvalue weighted by Crippen LogP contribution is -1.92. The Kier molecular flexibility index (Phi) is 3.20. The van der Waals surface area contributed by atoms with E-state index < -0.39 is 0 Å². The van der Waals surface area contributed by atoms with Gasteiger partial charge in [0.25, 0.3) is 0 Å². The lowest BCUT2D eigenvalue weighted by molar-refractivity contribution is 0.881. The van der Waals surface area contributed by atoms with Gasteiger partial charge in [-0.05, 0) is 24.3 Å². The lowest BCUT2D eigenvalue weighted by atomic mass is 10.2. The Labute approximate surface area is 120 Å². The third-order valence-corrected chi connectivity index (χ3v) is 3.16. The normalized spacial score (nSPS) is 10.2. The summed E-state index contributed by atoms with van der Waals surface area (Å²) in [5.41, 5.74) is 2.88. The quantitative estimate of drug-likeness (QED) is 0.676. The first kappa shape index (κ1) is 12.4. The van der Waals surface area contributed by atoms with Crippen molar-refractivity contribution in [2.45, 2.75) is 0 Å². The molecule has 0 aliphatic heterocycles. The van der Waals surface area contributed by atoms with Crippen LogP contribution in [0.2, 0.25) is 5.15 Å². The van der Waals surface area contributed by atoms with Crippen molar-refractivity contribution in [1.82, 2.24) is 14.8 Å². The topological polar surface area (TPSA) is 54.5 Å². The number of benzene rings is 1. The zero-order chi connectivity index (χ0) is 13.9. The largest absolute Gasteiger partial charge is 0.240 e. The lowest BCUT2D eigenvalue weighted by Gasteiger charge is -2.00. The highest BCUT2D eigenvalue weighted by Gasteiger charge is 2.07. The molecule has 5 heteroatoms. The van der Waals surface area contributed by atoms with Crippen LogP contribution in [-0.2, 0) is 0 Å². The maximum absolute atomic E-state index is 8.84. The number of nitriles is 1. The van der Waals surface area contributed by atoms with Gasteiger partial charge < -0.3 is 0 Å². The Hall–Kier alpha value is -2.64. The van der Waals surface area contributed by atoms with E-state index in [1.165, 1.54) is 0 Å². The number of hydrogen-bond acceptors (Lipinski definition) is 3. The maximum atomic E-state index is 8.84. The predicted molar refractivity (Wildman–Crippen MR) is 76.5 cm³/mol. The van der Waals surface area contributed by atoms with Crippen LogP contribution < -0.4 is 0 Å². The molecule has 0 radical (unpaired) electrons. The summed E-state index contributed by atoms with van der Waals surface area (Å²) in [5, 5.41) is 13.4. The standard InChI is InChI=1S/C15H9ClN4/c16-15-11(8-17)6-7-14(19-15)12-9-18-20(10-12)13-4-2-1-3-5-13/h1-7,9-10H. The molecule has 0 aliphatic rings. The fourth-order valence-corrected chi connectivity index (χ4v) is 2.05. The molecule has 96 valence electrons. The summed E-state index contributed by atoms with van der Waals surface area (Å²) in [4.78, 5) is 4.21. The van der Waals surface area contributed by atoms with Gasteiger partial charge in [-0.3, -0.25) is 0 Å². The number of nitrogens with zero attached hydrogens (tertiary/aromatic N) is 4. The summed E-state index contributed by atoms with van der Waals surface area (Å²) in [5.74, 6) is 0. The zero-order valence-electron chi connectivity index (χ0n) is 10.4. The number of aromatic nitrogens is 3. The highest BCUT2D eigenvalue weighted by Crippen LogP contribution is 2.22. The third-order valence-electron chi connectivity index (χ3n) is 2.87. The van der Waals surface area contributed by atoms with E-state index in [1.54, 1.807) is 23.0 Å². The minimum atomic E-state index is 0.206. The highest BCUT2D eigenvalue weighted by atomic mass is 35.5. The highest BCUT2D eigenvalue weighted by molar-refractivity contribution is 6.30. The fourth-order valence-electron chi connectivity index (χ4n) is 1.86. The Morgan fingerprint density at radius 3 is 2.60 bits per heavy atom. The molecule has 0 fully saturated rings. The summed E-state index contributed by atoms with van der Waals surface area (Å²) < 4.78 is 1.77. The smallest absolute Gasteiger partial charge is 0.147 e. The van der Waals surface area contributed by atoms with Crippen LogP contribution in [0.4, 0.5) is 0 Å². The van der Waals surface area contributed by atoms with Crippen molar-refractivity contribution in [3.63, 3.8) is 0 Å². The van der Waals surface area contributed by atoms with E-state index in [0.29, 0.717) is 11.3 Å². The monoisotopic (exact) mass is 280 g/mol. The summed E-state index contributed by atoms with van der Waals surface area (Å²) in [6.07, 6.45) is 3.59. The molecule has 2 aromatic heterocycles. The Balaban J connectivity index is 1.99. The number of para-hydroxylation sites is 1. The molecule has 0 saturated heterocycles. The number of hydrogen-bond donors (Lipinski definition) is 0. The minimum absolute atomic E-state index is 0.206. The molecule has 0 saturated carbocycles. The van der Waals surface area contributed by atoms with E-state index in [4.69, 9.17) is 16.9 Å². The van der Waals surface area contributed by atoms with Gasteiger partial charge in [-0.15, -0.1) is 0 Å². The number of rotatable bonds is 2. The molecule has 0 unspecified atom stereocenters. The average molecular weight is 281 g/mol. The van der Waals surface area contributed by atoms with Crippen molar-refractivity contribution in [3.05, 3.63) is 65.6 Å². The molecule has 3 rings (SSSR count). The second-order valence-corrected chi connectivity index (χ2v) is 4.51. The van der Waals surface area contributed by atoms with Gasteiger partial charge in [0, 0.05) is 11.8 Å². The molecule has 4 nitrogen and oxygen atoms in total. The van der Waals surface area contributed by atoms with Crippen LogP contribution in [0, 0.1) is 11.3 Å². The van der Waals surface area contributed by atoms with E-state index in [1.807, 2.05) is 42.6 Å². The van der Waals surface area contributed by atoms with Gasteiger partial charge in [0.2, 0.25) is 0 Å². The molecule has 0 spiro atoms. The molecule has 0 bridgehead atoms. The maximum Gasteiger partial charge on any atom is 0.147 e. The summed E-state index contributed by atoms with van der Waals surface area (Å²) in [6, 6.07) is 15.2. The van der Waals surface area contributed by atoms with Crippen molar-refractivity contribution in [1.29, 1.82) is 5.26 Å². The molecular formula is C15H9ClN4. The molecule has 20 heavy (non-hydrogen) atoms. The Morgan fingerprint density at radius 2 is 1.90 bits per heavy atom. The van der Waals surface area contributed by atoms with Gasteiger partial charge in [-0.1, -0.05) is 29.8 Å². The Bertz CT molecular complexity index is 787. The van der Waals surface area contributed by atoms with Gasteiger partial charge in [0.05, 0.1) is 23.1 Å². The molecule has 3 aromatic rings. The van der Waals surface area contributed by atoms with Crippen molar-refractivity contribution in [3.8, 4) is 23.0 Å². The van der Waals surface area contributed by atoms with Crippen LogP contribution in [0.15, 0.2) is 54.9 Å². The van der Waals surface area contributed by atoms with Crippen LogP contribution in [0.25, 0.3) is 16.9 Å². The van der Waals surface area contributed by atoms with Crippen molar-refractivity contribution in [2.24, 2.45) is 0 Å². The van der Waals surface area contributed by atoms with Crippen LogP contribution in [0.5, 0.6) is 0 Å². The molecule has 0 aliphatic carbocycles. The molecule has 1 aromatic carbocycles. The van der Waals surface area contributed by atoms with E-state index >= 15 is 0 Å². The summed E-state index contributed by atoms with van der Waals surface area (Å²) in [7, 11) is 0. The molecule has 0 N–H and O–H groups in total. The van der Waals surface area contributed by atoms with E-state index in [2.05, 4.69) is 10.1 Å². The predicted octanol–water partition coefficient (Wildman–Crippen LogP) is 3.46. The van der Waals surface area contributed by atoms with Gasteiger partial charge in [-0.25, -0.2) is 9.67 Å². The van der Waals surface area contributed by atoms with E-state index in [-0.39, 0.29) is 5.15 Å². The molecule has 2 heterocycles. The minimum Gasteiger partial charge on any atom is -0.240 e. The van der Waals surface area contributed by atoms with Gasteiger partial charge in [-0.2, -0.15) is 10.4 Å². The SMILES string of the molecule is N#Cc1ccc(-c2cnn(-c3ccccc3)c2)nc1Cl. The fraction of sp³-hybridized carbons (Fsp3) is 0. The van der Waals surface area contributed by atoms with E-state index in [0.717, 1.165) is 11.3 Å². The third kappa shape index (κ3) is 2.27.